The van der Waals surface area contributed by atoms with E-state index >= 15 is 0 Å². The second kappa shape index (κ2) is 7.45. The Morgan fingerprint density at radius 3 is 2.92 bits per heavy atom. The lowest BCUT2D eigenvalue weighted by Crippen LogP contribution is -2.48. The molecule has 1 aromatic carbocycles. The number of carbonyl (C=O) groups is 1. The molecule has 6 heteroatoms. The van der Waals surface area contributed by atoms with Crippen LogP contribution in [0.3, 0.4) is 0 Å². The first kappa shape index (κ1) is 17.6. The molecule has 4 rings (SSSR count). The van der Waals surface area contributed by atoms with E-state index in [1.165, 1.54) is 5.56 Å². The van der Waals surface area contributed by atoms with Gasteiger partial charge in [-0.25, -0.2) is 4.79 Å². The largest absolute Gasteiger partial charge is 0.464 e. The minimum Gasteiger partial charge on any atom is -0.464 e. The van der Waals surface area contributed by atoms with Crippen LogP contribution in [0.2, 0.25) is 0 Å². The maximum atomic E-state index is 12.9. The summed E-state index contributed by atoms with van der Waals surface area (Å²) in [7, 11) is 0. The molecule has 1 saturated heterocycles. The number of nitrogens with zero attached hydrogens (tertiary/aromatic N) is 1. The van der Waals surface area contributed by atoms with E-state index in [0.29, 0.717) is 25.7 Å². The molecule has 2 heterocycles. The predicted molar refractivity (Wildman–Crippen MR) is 102 cm³/mol. The molecule has 0 unspecified atom stereocenters. The van der Waals surface area contributed by atoms with Gasteiger partial charge in [-0.2, -0.15) is 0 Å². The van der Waals surface area contributed by atoms with Crippen molar-refractivity contribution >= 4 is 22.0 Å². The van der Waals surface area contributed by atoms with Gasteiger partial charge in [0, 0.05) is 29.4 Å². The first-order valence-corrected chi connectivity index (χ1v) is 9.94. The number of hydrogen-bond donors (Lipinski definition) is 1. The smallest absolute Gasteiger partial charge is 0.318 e. The number of nitrogens with one attached hydrogen (secondary N) is 1. The summed E-state index contributed by atoms with van der Waals surface area (Å²) in [6.45, 7) is 3.66. The Balaban J connectivity index is 1.42. The fraction of sp³-hybridized carbons (Fsp3) is 0.450. The monoisotopic (exact) mass is 418 g/mol. The van der Waals surface area contributed by atoms with Crippen molar-refractivity contribution in [3.63, 3.8) is 0 Å². The highest BCUT2D eigenvalue weighted by molar-refractivity contribution is 9.10. The van der Waals surface area contributed by atoms with Crippen molar-refractivity contribution in [2.24, 2.45) is 0 Å². The van der Waals surface area contributed by atoms with E-state index in [4.69, 9.17) is 9.15 Å². The van der Waals surface area contributed by atoms with Crippen LogP contribution in [-0.4, -0.2) is 36.7 Å². The van der Waals surface area contributed by atoms with Crippen LogP contribution >= 0.6 is 15.9 Å². The molecule has 2 aromatic rings. The van der Waals surface area contributed by atoms with Crippen molar-refractivity contribution in [2.75, 3.05) is 19.8 Å². The number of halogens is 1. The van der Waals surface area contributed by atoms with Crippen LogP contribution in [0.5, 0.6) is 0 Å². The summed E-state index contributed by atoms with van der Waals surface area (Å²) < 4.78 is 12.6. The first-order chi connectivity index (χ1) is 12.7. The summed E-state index contributed by atoms with van der Waals surface area (Å²) in [6.07, 6.45) is 1.82. The number of benzene rings is 1. The summed E-state index contributed by atoms with van der Waals surface area (Å²) in [4.78, 5) is 14.7. The summed E-state index contributed by atoms with van der Waals surface area (Å²) >= 11 is 3.60. The van der Waals surface area contributed by atoms with E-state index in [-0.39, 0.29) is 18.1 Å². The van der Waals surface area contributed by atoms with Crippen molar-refractivity contribution in [1.82, 2.24) is 10.2 Å². The minimum atomic E-state index is -0.162. The zero-order valence-corrected chi connectivity index (χ0v) is 16.4. The predicted octanol–water partition coefficient (Wildman–Crippen LogP) is 4.24. The molecule has 1 aliphatic carbocycles. The Morgan fingerprint density at radius 2 is 2.15 bits per heavy atom. The van der Waals surface area contributed by atoms with E-state index in [2.05, 4.69) is 34.2 Å². The second-order valence-electron chi connectivity index (χ2n) is 6.86. The summed E-state index contributed by atoms with van der Waals surface area (Å²) in [6, 6.07) is 12.1. The third-order valence-corrected chi connectivity index (χ3v) is 5.87. The van der Waals surface area contributed by atoms with Gasteiger partial charge in [-0.15, -0.1) is 0 Å². The lowest BCUT2D eigenvalue weighted by atomic mass is 10.1. The topological polar surface area (TPSA) is 54.7 Å². The summed E-state index contributed by atoms with van der Waals surface area (Å²) in [5, 5.41) is 3.19. The summed E-state index contributed by atoms with van der Waals surface area (Å²) in [5.74, 6) is 2.11. The minimum absolute atomic E-state index is 0.0349. The Hall–Kier alpha value is -1.79. The van der Waals surface area contributed by atoms with Crippen molar-refractivity contribution in [1.29, 1.82) is 0 Å². The van der Waals surface area contributed by atoms with Gasteiger partial charge in [-0.05, 0) is 30.2 Å². The van der Waals surface area contributed by atoms with Crippen molar-refractivity contribution in [3.8, 4) is 0 Å². The van der Waals surface area contributed by atoms with Gasteiger partial charge < -0.3 is 19.4 Å². The molecule has 2 fully saturated rings. The molecule has 1 aliphatic heterocycles. The normalized spacial score (nSPS) is 25.2. The Morgan fingerprint density at radius 1 is 1.31 bits per heavy atom. The molecule has 1 saturated carbocycles. The van der Waals surface area contributed by atoms with E-state index in [1.54, 1.807) is 0 Å². The van der Waals surface area contributed by atoms with Crippen LogP contribution < -0.4 is 5.32 Å². The maximum Gasteiger partial charge on any atom is 0.318 e. The number of rotatable bonds is 4. The summed E-state index contributed by atoms with van der Waals surface area (Å²) in [5.41, 5.74) is 1.26. The van der Waals surface area contributed by atoms with E-state index in [0.717, 1.165) is 28.8 Å². The number of morpholine rings is 1. The molecule has 3 atom stereocenters. The van der Waals surface area contributed by atoms with Gasteiger partial charge in [0.25, 0.3) is 0 Å². The molecule has 2 amide bonds. The van der Waals surface area contributed by atoms with Crippen LogP contribution in [0.15, 0.2) is 45.3 Å². The SMILES string of the molecule is CCc1ccc([C@@H]2COCCN2C(=O)N[C@@H]2C[C@H]2c2ccccc2Br)o1. The van der Waals surface area contributed by atoms with Crippen molar-refractivity contribution < 1.29 is 13.9 Å². The van der Waals surface area contributed by atoms with Crippen LogP contribution in [0.4, 0.5) is 4.79 Å². The number of aryl methyl sites for hydroxylation is 1. The number of amides is 2. The third kappa shape index (κ3) is 3.53. The Bertz CT molecular complexity index is 791. The van der Waals surface area contributed by atoms with E-state index in [9.17, 15) is 4.79 Å². The van der Waals surface area contributed by atoms with E-state index in [1.807, 2.05) is 35.2 Å². The molecule has 2 aliphatic rings. The Kier molecular flexibility index (Phi) is 5.05. The fourth-order valence-corrected chi connectivity index (χ4v) is 4.14. The lowest BCUT2D eigenvalue weighted by molar-refractivity contribution is 0.00389. The van der Waals surface area contributed by atoms with Gasteiger partial charge in [-0.3, -0.25) is 0 Å². The maximum absolute atomic E-state index is 12.9. The molecule has 5 nitrogen and oxygen atoms in total. The second-order valence-corrected chi connectivity index (χ2v) is 7.72. The van der Waals surface area contributed by atoms with Crippen LogP contribution in [-0.2, 0) is 11.2 Å². The number of ether oxygens (including phenoxy) is 1. The number of urea groups is 1. The van der Waals surface area contributed by atoms with E-state index < -0.39 is 0 Å². The third-order valence-electron chi connectivity index (χ3n) is 5.15. The molecule has 0 radical (unpaired) electrons. The molecule has 1 N–H and O–H groups in total. The van der Waals surface area contributed by atoms with Gasteiger partial charge >= 0.3 is 6.03 Å². The molecule has 0 bridgehead atoms. The zero-order chi connectivity index (χ0) is 18.1. The van der Waals surface area contributed by atoms with Crippen LogP contribution in [0.25, 0.3) is 0 Å². The average molecular weight is 419 g/mol. The van der Waals surface area contributed by atoms with Crippen LogP contribution in [0, 0.1) is 0 Å². The quantitative estimate of drug-likeness (QED) is 0.807. The van der Waals surface area contributed by atoms with Gasteiger partial charge in [0.15, 0.2) is 0 Å². The van der Waals surface area contributed by atoms with Crippen molar-refractivity contribution in [2.45, 2.75) is 37.8 Å². The van der Waals surface area contributed by atoms with Crippen molar-refractivity contribution in [3.05, 3.63) is 58.0 Å². The highest BCUT2D eigenvalue weighted by Crippen LogP contribution is 2.44. The van der Waals surface area contributed by atoms with Gasteiger partial charge in [0.2, 0.25) is 0 Å². The highest BCUT2D eigenvalue weighted by atomic mass is 79.9. The number of furan rings is 1. The molecule has 0 spiro atoms. The fourth-order valence-electron chi connectivity index (χ4n) is 3.56. The number of hydrogen-bond acceptors (Lipinski definition) is 3. The molecular weight excluding hydrogens is 396 g/mol. The lowest BCUT2D eigenvalue weighted by Gasteiger charge is -2.34. The molecular formula is C20H23BrN2O3. The molecule has 26 heavy (non-hydrogen) atoms. The zero-order valence-electron chi connectivity index (χ0n) is 14.8. The standard InChI is InChI=1S/C20H23BrN2O3/c1-2-13-7-8-19(26-13)18-12-25-10-9-23(18)20(24)22-17-11-15(17)14-5-3-4-6-16(14)21/h3-8,15,17-18H,2,9-12H2,1H3,(H,22,24)/t15-,17+,18-/m0/s1. The number of carbonyl (C=O) groups excluding carboxylic acids is 1. The molecule has 138 valence electrons. The van der Waals surface area contributed by atoms with Gasteiger partial charge in [-0.1, -0.05) is 41.1 Å². The van der Waals surface area contributed by atoms with Crippen LogP contribution in [0.1, 0.15) is 42.4 Å². The highest BCUT2D eigenvalue weighted by Gasteiger charge is 2.42. The first-order valence-electron chi connectivity index (χ1n) is 9.15. The average Bonchev–Trinajstić information content (AvgIpc) is 3.25. The Labute approximate surface area is 161 Å². The van der Waals surface area contributed by atoms with Gasteiger partial charge in [0.1, 0.15) is 17.6 Å². The molecule has 1 aromatic heterocycles. The van der Waals surface area contributed by atoms with Gasteiger partial charge in [0.05, 0.1) is 13.2 Å².